The number of nitrogens with one attached hydrogen (secondary N) is 1. The predicted octanol–water partition coefficient (Wildman–Crippen LogP) is 5.26. The highest BCUT2D eigenvalue weighted by Crippen LogP contribution is 2.39. The van der Waals surface area contributed by atoms with Crippen molar-refractivity contribution in [3.63, 3.8) is 0 Å². The molecule has 2 unspecified atom stereocenters. The number of rotatable bonds is 2. The van der Waals surface area contributed by atoms with Crippen molar-refractivity contribution in [2.45, 2.75) is 31.7 Å². The van der Waals surface area contributed by atoms with Crippen LogP contribution in [0.25, 0.3) is 0 Å². The molecule has 2 aromatic rings. The van der Waals surface area contributed by atoms with Crippen molar-refractivity contribution in [3.05, 3.63) is 64.2 Å². The van der Waals surface area contributed by atoms with Crippen LogP contribution in [0, 0.1) is 11.3 Å². The first kappa shape index (κ1) is 14.0. The van der Waals surface area contributed by atoms with Gasteiger partial charge in [0.05, 0.1) is 17.3 Å². The minimum absolute atomic E-state index is 0.239. The van der Waals surface area contributed by atoms with Crippen LogP contribution in [0.3, 0.4) is 0 Å². The van der Waals surface area contributed by atoms with Gasteiger partial charge in [-0.2, -0.15) is 5.26 Å². The van der Waals surface area contributed by atoms with Gasteiger partial charge in [-0.3, -0.25) is 0 Å². The van der Waals surface area contributed by atoms with Crippen molar-refractivity contribution >= 4 is 17.3 Å². The minimum Gasteiger partial charge on any atom is -0.377 e. The normalized spacial score (nSPS) is 20.4. The molecule has 0 fully saturated rings. The average Bonchev–Trinajstić information content (AvgIpc) is 2.51. The lowest BCUT2D eigenvalue weighted by molar-refractivity contribution is 0.534. The lowest BCUT2D eigenvalue weighted by Gasteiger charge is -2.31. The molecule has 1 aliphatic carbocycles. The monoisotopic (exact) mass is 296 g/mol. The molecule has 0 amide bonds. The molecule has 0 heterocycles. The third-order valence-electron chi connectivity index (χ3n) is 4.22. The van der Waals surface area contributed by atoms with Crippen molar-refractivity contribution in [1.29, 1.82) is 5.26 Å². The number of hydrogen-bond acceptors (Lipinski definition) is 2. The van der Waals surface area contributed by atoms with Gasteiger partial charge in [-0.15, -0.1) is 0 Å². The van der Waals surface area contributed by atoms with Crippen LogP contribution in [0.1, 0.15) is 48.4 Å². The zero-order valence-electron chi connectivity index (χ0n) is 11.9. The SMILES string of the molecule is CC1CCC(Nc2cc(Cl)ccc2C#N)c2ccccc21. The van der Waals surface area contributed by atoms with E-state index in [4.69, 9.17) is 11.6 Å². The van der Waals surface area contributed by atoms with E-state index in [1.54, 1.807) is 12.1 Å². The highest BCUT2D eigenvalue weighted by molar-refractivity contribution is 6.30. The Kier molecular flexibility index (Phi) is 3.86. The second kappa shape index (κ2) is 5.79. The van der Waals surface area contributed by atoms with E-state index in [0.29, 0.717) is 16.5 Å². The van der Waals surface area contributed by atoms with Gasteiger partial charge in [0.1, 0.15) is 6.07 Å². The first-order valence-electron chi connectivity index (χ1n) is 7.24. The summed E-state index contributed by atoms with van der Waals surface area (Å²) in [5.41, 5.74) is 4.19. The molecule has 2 nitrogen and oxygen atoms in total. The third-order valence-corrected chi connectivity index (χ3v) is 4.46. The van der Waals surface area contributed by atoms with Crippen molar-refractivity contribution in [2.75, 3.05) is 5.32 Å². The summed E-state index contributed by atoms with van der Waals surface area (Å²) >= 11 is 6.07. The van der Waals surface area contributed by atoms with E-state index in [1.165, 1.54) is 11.1 Å². The van der Waals surface area contributed by atoms with E-state index in [2.05, 4.69) is 42.6 Å². The summed E-state index contributed by atoms with van der Waals surface area (Å²) in [6.45, 7) is 2.27. The van der Waals surface area contributed by atoms with Gasteiger partial charge >= 0.3 is 0 Å². The second-order valence-corrected chi connectivity index (χ2v) is 6.04. The molecule has 1 N–H and O–H groups in total. The molecular formula is C18H17ClN2. The molecule has 1 aliphatic rings. The van der Waals surface area contributed by atoms with E-state index >= 15 is 0 Å². The average molecular weight is 297 g/mol. The first-order valence-corrected chi connectivity index (χ1v) is 7.62. The third kappa shape index (κ3) is 2.75. The molecule has 0 aliphatic heterocycles. The quantitative estimate of drug-likeness (QED) is 0.820. The van der Waals surface area contributed by atoms with Crippen LogP contribution in [-0.2, 0) is 0 Å². The van der Waals surface area contributed by atoms with Crippen molar-refractivity contribution in [3.8, 4) is 6.07 Å². The zero-order valence-corrected chi connectivity index (χ0v) is 12.7. The Morgan fingerprint density at radius 2 is 1.90 bits per heavy atom. The minimum atomic E-state index is 0.239. The molecule has 0 saturated carbocycles. The van der Waals surface area contributed by atoms with Gasteiger partial charge in [-0.05, 0) is 48.1 Å². The first-order chi connectivity index (χ1) is 10.2. The molecule has 2 atom stereocenters. The molecule has 3 rings (SSSR count). The molecular weight excluding hydrogens is 280 g/mol. The zero-order chi connectivity index (χ0) is 14.8. The van der Waals surface area contributed by atoms with Gasteiger partial charge in [0.15, 0.2) is 0 Å². The number of nitrogens with zero attached hydrogens (tertiary/aromatic N) is 1. The Morgan fingerprint density at radius 1 is 1.14 bits per heavy atom. The maximum atomic E-state index is 9.24. The molecule has 2 aromatic carbocycles. The Hall–Kier alpha value is -1.98. The van der Waals surface area contributed by atoms with Gasteiger partial charge in [-0.25, -0.2) is 0 Å². The number of fused-ring (bicyclic) bond motifs is 1. The molecule has 3 heteroatoms. The van der Waals surface area contributed by atoms with E-state index < -0.39 is 0 Å². The maximum absolute atomic E-state index is 9.24. The molecule has 0 aromatic heterocycles. The van der Waals surface area contributed by atoms with E-state index in [1.807, 2.05) is 6.07 Å². The van der Waals surface area contributed by atoms with Crippen LogP contribution in [0.15, 0.2) is 42.5 Å². The van der Waals surface area contributed by atoms with E-state index in [9.17, 15) is 5.26 Å². The largest absolute Gasteiger partial charge is 0.377 e. The summed E-state index contributed by atoms with van der Waals surface area (Å²) < 4.78 is 0. The van der Waals surface area contributed by atoms with E-state index in [-0.39, 0.29) is 6.04 Å². The highest BCUT2D eigenvalue weighted by Gasteiger charge is 2.24. The standard InChI is InChI=1S/C18H17ClN2/c1-12-6-9-17(16-5-3-2-4-15(12)16)21-18-10-14(19)8-7-13(18)11-20/h2-5,7-8,10,12,17,21H,6,9H2,1H3. The smallest absolute Gasteiger partial charge is 0.101 e. The summed E-state index contributed by atoms with van der Waals surface area (Å²) in [6.07, 6.45) is 2.21. The second-order valence-electron chi connectivity index (χ2n) is 5.61. The molecule has 106 valence electrons. The summed E-state index contributed by atoms with van der Waals surface area (Å²) in [5, 5.41) is 13.4. The number of benzene rings is 2. The van der Waals surface area contributed by atoms with Crippen LogP contribution in [0.2, 0.25) is 5.02 Å². The number of nitriles is 1. The van der Waals surface area contributed by atoms with Crippen LogP contribution in [0.4, 0.5) is 5.69 Å². The fourth-order valence-electron chi connectivity index (χ4n) is 3.08. The van der Waals surface area contributed by atoms with Crippen LogP contribution in [-0.4, -0.2) is 0 Å². The van der Waals surface area contributed by atoms with Gasteiger partial charge in [0, 0.05) is 5.02 Å². The van der Waals surface area contributed by atoms with Gasteiger partial charge in [0.2, 0.25) is 0 Å². The lowest BCUT2D eigenvalue weighted by Crippen LogP contribution is -2.19. The Balaban J connectivity index is 1.95. The molecule has 21 heavy (non-hydrogen) atoms. The molecule has 0 bridgehead atoms. The van der Waals surface area contributed by atoms with Crippen molar-refractivity contribution < 1.29 is 0 Å². The summed E-state index contributed by atoms with van der Waals surface area (Å²) in [5.74, 6) is 0.592. The van der Waals surface area contributed by atoms with Gasteiger partial charge in [0.25, 0.3) is 0 Å². The molecule has 0 saturated heterocycles. The van der Waals surface area contributed by atoms with E-state index in [0.717, 1.165) is 18.5 Å². The van der Waals surface area contributed by atoms with Crippen molar-refractivity contribution in [2.24, 2.45) is 0 Å². The fraction of sp³-hybridized carbons (Fsp3) is 0.278. The number of anilines is 1. The summed E-state index contributed by atoms with van der Waals surface area (Å²) in [6, 6.07) is 16.4. The van der Waals surface area contributed by atoms with Gasteiger partial charge < -0.3 is 5.32 Å². The van der Waals surface area contributed by atoms with Crippen LogP contribution >= 0.6 is 11.6 Å². The Labute approximate surface area is 130 Å². The van der Waals surface area contributed by atoms with Crippen LogP contribution < -0.4 is 5.32 Å². The van der Waals surface area contributed by atoms with Crippen molar-refractivity contribution in [1.82, 2.24) is 0 Å². The molecule has 0 radical (unpaired) electrons. The van der Waals surface area contributed by atoms with Gasteiger partial charge in [-0.1, -0.05) is 42.8 Å². The number of halogens is 1. The Morgan fingerprint density at radius 3 is 2.67 bits per heavy atom. The fourth-order valence-corrected chi connectivity index (χ4v) is 3.25. The Bertz CT molecular complexity index is 703. The summed E-state index contributed by atoms with van der Waals surface area (Å²) in [4.78, 5) is 0. The number of hydrogen-bond donors (Lipinski definition) is 1. The highest BCUT2D eigenvalue weighted by atomic mass is 35.5. The molecule has 0 spiro atoms. The summed E-state index contributed by atoms with van der Waals surface area (Å²) in [7, 11) is 0. The maximum Gasteiger partial charge on any atom is 0.101 e. The topological polar surface area (TPSA) is 35.8 Å². The van der Waals surface area contributed by atoms with Crippen LogP contribution in [0.5, 0.6) is 0 Å². The lowest BCUT2D eigenvalue weighted by atomic mass is 9.81. The predicted molar refractivity (Wildman–Crippen MR) is 86.6 cm³/mol.